The Kier molecular flexibility index (Phi) is 3.80. The van der Waals surface area contributed by atoms with E-state index < -0.39 is 17.5 Å². The Morgan fingerprint density at radius 1 is 1.29 bits per heavy atom. The van der Waals surface area contributed by atoms with Crippen molar-refractivity contribution in [3.8, 4) is 5.75 Å². The molecule has 1 aromatic carbocycles. The van der Waals surface area contributed by atoms with Gasteiger partial charge < -0.3 is 4.74 Å². The van der Waals surface area contributed by atoms with Crippen LogP contribution in [0.3, 0.4) is 0 Å². The second-order valence-corrected chi connectivity index (χ2v) is 3.93. The Hall–Kier alpha value is -1.52. The number of benzene rings is 1. The summed E-state index contributed by atoms with van der Waals surface area (Å²) in [6.07, 6.45) is -4.89. The van der Waals surface area contributed by atoms with Crippen LogP contribution in [0.25, 0.3) is 0 Å². The number of hydrogen-bond acceptors (Lipinski definition) is 2. The molecule has 0 N–H and O–H groups in total. The molecule has 0 aliphatic carbocycles. The fraction of sp³-hybridized carbons (Fsp3) is 0.417. The molecule has 0 saturated heterocycles. The van der Waals surface area contributed by atoms with E-state index in [1.807, 2.05) is 0 Å². The highest BCUT2D eigenvalue weighted by atomic mass is 19.4. The molecule has 1 aromatic rings. The van der Waals surface area contributed by atoms with E-state index in [2.05, 4.69) is 0 Å². The maximum Gasteiger partial charge on any atom is 0.419 e. The van der Waals surface area contributed by atoms with E-state index in [0.717, 1.165) is 6.07 Å². The van der Waals surface area contributed by atoms with Crippen molar-refractivity contribution in [2.45, 2.75) is 33.1 Å². The summed E-state index contributed by atoms with van der Waals surface area (Å²) in [6, 6.07) is 3.33. The van der Waals surface area contributed by atoms with E-state index in [1.165, 1.54) is 19.1 Å². The maximum absolute atomic E-state index is 12.8. The quantitative estimate of drug-likeness (QED) is 0.760. The third-order valence-corrected chi connectivity index (χ3v) is 2.05. The van der Waals surface area contributed by atoms with Gasteiger partial charge in [-0.05, 0) is 39.0 Å². The zero-order valence-corrected chi connectivity index (χ0v) is 9.76. The Morgan fingerprint density at radius 2 is 1.88 bits per heavy atom. The highest BCUT2D eigenvalue weighted by molar-refractivity contribution is 5.94. The summed E-state index contributed by atoms with van der Waals surface area (Å²) in [7, 11) is 0. The molecule has 0 atom stereocenters. The van der Waals surface area contributed by atoms with Gasteiger partial charge in [-0.1, -0.05) is 0 Å². The zero-order chi connectivity index (χ0) is 13.2. The number of Topliss-reactive ketones (excluding diaryl/α,β-unsaturated/α-hetero) is 1. The van der Waals surface area contributed by atoms with Crippen LogP contribution in [0.1, 0.15) is 36.7 Å². The van der Waals surface area contributed by atoms with Gasteiger partial charge in [-0.2, -0.15) is 13.2 Å². The lowest BCUT2D eigenvalue weighted by molar-refractivity contribution is -0.139. The predicted molar refractivity (Wildman–Crippen MR) is 57.2 cm³/mol. The summed E-state index contributed by atoms with van der Waals surface area (Å²) in [6.45, 7) is 4.50. The van der Waals surface area contributed by atoms with E-state index in [-0.39, 0.29) is 17.4 Å². The second-order valence-electron chi connectivity index (χ2n) is 3.93. The number of hydrogen-bond donors (Lipinski definition) is 0. The molecular formula is C12H13F3O2. The van der Waals surface area contributed by atoms with Crippen molar-refractivity contribution in [1.29, 1.82) is 0 Å². The van der Waals surface area contributed by atoms with Gasteiger partial charge in [-0.15, -0.1) is 0 Å². The van der Waals surface area contributed by atoms with Crippen LogP contribution in [0.15, 0.2) is 18.2 Å². The molecule has 2 nitrogen and oxygen atoms in total. The van der Waals surface area contributed by atoms with Crippen LogP contribution >= 0.6 is 0 Å². The molecule has 94 valence electrons. The molecule has 0 saturated carbocycles. The predicted octanol–water partition coefficient (Wildman–Crippen LogP) is 3.70. The Labute approximate surface area is 97.4 Å². The van der Waals surface area contributed by atoms with Crippen molar-refractivity contribution < 1.29 is 22.7 Å². The maximum atomic E-state index is 12.8. The third kappa shape index (κ3) is 3.47. The lowest BCUT2D eigenvalue weighted by Gasteiger charge is -2.16. The van der Waals surface area contributed by atoms with Crippen molar-refractivity contribution in [3.63, 3.8) is 0 Å². The van der Waals surface area contributed by atoms with Crippen LogP contribution in [0.5, 0.6) is 5.75 Å². The van der Waals surface area contributed by atoms with Gasteiger partial charge in [0.2, 0.25) is 0 Å². The van der Waals surface area contributed by atoms with Crippen molar-refractivity contribution in [2.75, 3.05) is 0 Å². The van der Waals surface area contributed by atoms with Gasteiger partial charge in [0.25, 0.3) is 0 Å². The van der Waals surface area contributed by atoms with Crippen LogP contribution < -0.4 is 4.74 Å². The molecule has 0 heterocycles. The molecule has 0 fully saturated rings. The summed E-state index contributed by atoms with van der Waals surface area (Å²) in [4.78, 5) is 11.0. The van der Waals surface area contributed by atoms with Crippen molar-refractivity contribution >= 4 is 5.78 Å². The molecule has 17 heavy (non-hydrogen) atoms. The van der Waals surface area contributed by atoms with Gasteiger partial charge in [0.1, 0.15) is 5.75 Å². The van der Waals surface area contributed by atoms with Gasteiger partial charge in [0.05, 0.1) is 11.7 Å². The Bertz CT molecular complexity index is 422. The molecule has 0 bridgehead atoms. The highest BCUT2D eigenvalue weighted by Gasteiger charge is 2.35. The van der Waals surface area contributed by atoms with Gasteiger partial charge in [0.15, 0.2) is 5.78 Å². The van der Waals surface area contributed by atoms with Crippen molar-refractivity contribution in [1.82, 2.24) is 0 Å². The van der Waals surface area contributed by atoms with Gasteiger partial charge in [-0.3, -0.25) is 4.79 Å². The average Bonchev–Trinajstić information content (AvgIpc) is 2.15. The van der Waals surface area contributed by atoms with Gasteiger partial charge >= 0.3 is 6.18 Å². The molecular weight excluding hydrogens is 233 g/mol. The van der Waals surface area contributed by atoms with E-state index in [0.29, 0.717) is 0 Å². The fourth-order valence-corrected chi connectivity index (χ4v) is 1.33. The number of ketones is 1. The highest BCUT2D eigenvalue weighted by Crippen LogP contribution is 2.37. The summed E-state index contributed by atoms with van der Waals surface area (Å²) in [5.41, 5.74) is -0.896. The molecule has 0 aromatic heterocycles. The summed E-state index contributed by atoms with van der Waals surface area (Å²) < 4.78 is 43.3. The Balaban J connectivity index is 3.27. The Morgan fingerprint density at radius 3 is 2.29 bits per heavy atom. The molecule has 0 spiro atoms. The summed E-state index contributed by atoms with van der Waals surface area (Å²) >= 11 is 0. The van der Waals surface area contributed by atoms with Crippen molar-refractivity contribution in [3.05, 3.63) is 29.3 Å². The smallest absolute Gasteiger partial charge is 0.419 e. The zero-order valence-electron chi connectivity index (χ0n) is 9.76. The molecule has 0 aliphatic rings. The average molecular weight is 246 g/mol. The van der Waals surface area contributed by atoms with Crippen LogP contribution in [0.2, 0.25) is 0 Å². The lowest BCUT2D eigenvalue weighted by Crippen LogP contribution is -2.13. The van der Waals surface area contributed by atoms with E-state index in [9.17, 15) is 18.0 Å². The van der Waals surface area contributed by atoms with Gasteiger partial charge in [0, 0.05) is 5.56 Å². The standard InChI is InChI=1S/C12H13F3O2/c1-7(2)17-11-5-4-9(8(3)16)6-10(11)12(13,14)15/h4-7H,1-3H3. The number of rotatable bonds is 3. The molecule has 0 amide bonds. The molecule has 5 heteroatoms. The largest absolute Gasteiger partial charge is 0.490 e. The number of carbonyl (C=O) groups is 1. The first kappa shape index (κ1) is 13.5. The topological polar surface area (TPSA) is 26.3 Å². The number of carbonyl (C=O) groups excluding carboxylic acids is 1. The molecule has 0 unspecified atom stereocenters. The monoisotopic (exact) mass is 246 g/mol. The molecule has 1 rings (SSSR count). The molecule has 0 radical (unpaired) electrons. The molecule has 0 aliphatic heterocycles. The minimum Gasteiger partial charge on any atom is -0.490 e. The van der Waals surface area contributed by atoms with E-state index in [4.69, 9.17) is 4.74 Å². The SMILES string of the molecule is CC(=O)c1ccc(OC(C)C)c(C(F)(F)F)c1. The minimum atomic E-state index is -4.53. The summed E-state index contributed by atoms with van der Waals surface area (Å²) in [5.74, 6) is -0.663. The second kappa shape index (κ2) is 4.77. The number of alkyl halides is 3. The van der Waals surface area contributed by atoms with Gasteiger partial charge in [-0.25, -0.2) is 0 Å². The normalized spacial score (nSPS) is 11.7. The van der Waals surface area contributed by atoms with Crippen LogP contribution in [0, 0.1) is 0 Å². The lowest BCUT2D eigenvalue weighted by atomic mass is 10.1. The number of halogens is 3. The first-order chi connectivity index (χ1) is 7.71. The first-order valence-electron chi connectivity index (χ1n) is 5.10. The number of ether oxygens (including phenoxy) is 1. The third-order valence-electron chi connectivity index (χ3n) is 2.05. The van der Waals surface area contributed by atoms with Crippen LogP contribution in [-0.2, 0) is 6.18 Å². The van der Waals surface area contributed by atoms with E-state index >= 15 is 0 Å². The fourth-order valence-electron chi connectivity index (χ4n) is 1.33. The van der Waals surface area contributed by atoms with Crippen molar-refractivity contribution in [2.24, 2.45) is 0 Å². The minimum absolute atomic E-state index is 0.0217. The van der Waals surface area contributed by atoms with Crippen LogP contribution in [-0.4, -0.2) is 11.9 Å². The van der Waals surface area contributed by atoms with E-state index in [1.54, 1.807) is 13.8 Å². The van der Waals surface area contributed by atoms with Crippen LogP contribution in [0.4, 0.5) is 13.2 Å². The summed E-state index contributed by atoms with van der Waals surface area (Å²) in [5, 5.41) is 0. The first-order valence-corrected chi connectivity index (χ1v) is 5.10.